The minimum Gasteiger partial charge on any atom is -0.507 e. The van der Waals surface area contributed by atoms with Crippen molar-refractivity contribution >= 4 is 17.7 Å². The monoisotopic (exact) mass is 509 g/mol. The highest BCUT2D eigenvalue weighted by Gasteiger charge is 2.21. The van der Waals surface area contributed by atoms with Gasteiger partial charge in [-0.1, -0.05) is 70.4 Å². The zero-order valence-electron chi connectivity index (χ0n) is 22.0. The Hall–Kier alpha value is -1.86. The van der Waals surface area contributed by atoms with Gasteiger partial charge in [-0.05, 0) is 44.6 Å². The van der Waals surface area contributed by atoms with Crippen molar-refractivity contribution in [2.75, 3.05) is 20.0 Å². The van der Waals surface area contributed by atoms with Crippen molar-refractivity contribution in [1.29, 1.82) is 0 Å². The lowest BCUT2D eigenvalue weighted by atomic mass is 10.0. The van der Waals surface area contributed by atoms with Crippen molar-refractivity contribution in [3.8, 4) is 17.2 Å². The van der Waals surface area contributed by atoms with Crippen molar-refractivity contribution in [1.82, 2.24) is 0 Å². The summed E-state index contributed by atoms with van der Waals surface area (Å²) in [5.74, 6) is -0.0477. The number of phenolic OH excluding ortho intramolecular Hbond substituents is 2. The van der Waals surface area contributed by atoms with E-state index in [-0.39, 0.29) is 23.0 Å². The first kappa shape index (κ1) is 31.2. The number of thioether (sulfide) groups is 1. The Bertz CT molecular complexity index is 753. The lowest BCUT2D eigenvalue weighted by Crippen LogP contribution is -2.33. The topological polar surface area (TPSA) is 102 Å². The van der Waals surface area contributed by atoms with E-state index in [0.29, 0.717) is 16.9 Å². The number of esters is 1. The van der Waals surface area contributed by atoms with Crippen LogP contribution in [0, 0.1) is 0 Å². The maximum atomic E-state index is 11.5. The molecule has 0 spiro atoms. The fourth-order valence-electron chi connectivity index (χ4n) is 3.97. The highest BCUT2D eigenvalue weighted by molar-refractivity contribution is 7.99. The molecule has 0 aliphatic rings. The Morgan fingerprint density at radius 2 is 1.54 bits per heavy atom. The van der Waals surface area contributed by atoms with E-state index in [4.69, 9.17) is 10.5 Å². The Balaban J connectivity index is 2.29. The van der Waals surface area contributed by atoms with Crippen LogP contribution in [0.4, 0.5) is 0 Å². The quantitative estimate of drug-likeness (QED) is 0.0578. The van der Waals surface area contributed by atoms with Gasteiger partial charge in [0.2, 0.25) is 0 Å². The number of carbonyl (C=O) groups is 1. The second kappa shape index (κ2) is 19.3. The summed E-state index contributed by atoms with van der Waals surface area (Å²) in [5, 5.41) is 21.1. The van der Waals surface area contributed by atoms with Gasteiger partial charge in [-0.2, -0.15) is 0 Å². The van der Waals surface area contributed by atoms with Crippen LogP contribution in [0.1, 0.15) is 96.0 Å². The van der Waals surface area contributed by atoms with Gasteiger partial charge in [0, 0.05) is 11.3 Å². The summed E-state index contributed by atoms with van der Waals surface area (Å²) in [4.78, 5) is 11.9. The van der Waals surface area contributed by atoms with Crippen molar-refractivity contribution < 1.29 is 24.5 Å². The standard InChI is InChI=1S/C28H47NO5S/c1-4-5-6-7-8-9-10-11-12-13-14-15-16-17-18-19-22-20-24(30)27(26(33-2)25(22)31)35-21-23(29)28(32)34-3/h9-10,20,23,30-31H,4-8,11-19,21,29H2,1-3H3/b10-9+/t23-/m0/s1. The molecule has 0 unspecified atom stereocenters. The van der Waals surface area contributed by atoms with E-state index in [1.54, 1.807) is 6.07 Å². The number of phenols is 2. The van der Waals surface area contributed by atoms with Gasteiger partial charge in [0.25, 0.3) is 0 Å². The molecule has 0 saturated heterocycles. The molecule has 35 heavy (non-hydrogen) atoms. The van der Waals surface area contributed by atoms with Crippen LogP contribution in [0.15, 0.2) is 23.1 Å². The van der Waals surface area contributed by atoms with Crippen LogP contribution in [0.2, 0.25) is 0 Å². The number of hydrogen-bond acceptors (Lipinski definition) is 7. The summed E-state index contributed by atoms with van der Waals surface area (Å²) in [5.41, 5.74) is 6.44. The minimum atomic E-state index is -0.826. The molecule has 1 aromatic rings. The molecule has 4 N–H and O–H groups in total. The molecule has 0 heterocycles. The van der Waals surface area contributed by atoms with Crippen molar-refractivity contribution in [2.24, 2.45) is 5.73 Å². The second-order valence-corrected chi connectivity index (χ2v) is 10.1. The Kier molecular flexibility index (Phi) is 17.2. The first-order valence-corrected chi connectivity index (χ1v) is 14.2. The maximum absolute atomic E-state index is 11.5. The van der Waals surface area contributed by atoms with E-state index in [2.05, 4.69) is 23.8 Å². The van der Waals surface area contributed by atoms with Crippen molar-refractivity contribution in [3.05, 3.63) is 23.8 Å². The van der Waals surface area contributed by atoms with Gasteiger partial charge in [-0.3, -0.25) is 4.79 Å². The summed E-state index contributed by atoms with van der Waals surface area (Å²) >= 11 is 1.16. The molecule has 0 fully saturated rings. The Morgan fingerprint density at radius 1 is 0.971 bits per heavy atom. The molecule has 0 saturated carbocycles. The third-order valence-electron chi connectivity index (χ3n) is 6.09. The highest BCUT2D eigenvalue weighted by Crippen LogP contribution is 2.45. The number of unbranched alkanes of at least 4 members (excludes halogenated alkanes) is 11. The molecule has 0 aromatic heterocycles. The highest BCUT2D eigenvalue weighted by atomic mass is 32.2. The number of aryl methyl sites for hydroxylation is 1. The van der Waals surface area contributed by atoms with Gasteiger partial charge >= 0.3 is 5.97 Å². The van der Waals surface area contributed by atoms with Crippen LogP contribution < -0.4 is 10.5 Å². The van der Waals surface area contributed by atoms with Crippen molar-refractivity contribution in [2.45, 2.75) is 108 Å². The molecule has 1 rings (SSSR count). The maximum Gasteiger partial charge on any atom is 0.323 e. The average molecular weight is 510 g/mol. The molecule has 1 aromatic carbocycles. The fourth-order valence-corrected chi connectivity index (χ4v) is 4.97. The van der Waals surface area contributed by atoms with Crippen molar-refractivity contribution in [3.63, 3.8) is 0 Å². The van der Waals surface area contributed by atoms with Gasteiger partial charge < -0.3 is 25.4 Å². The lowest BCUT2D eigenvalue weighted by molar-refractivity contribution is -0.141. The minimum absolute atomic E-state index is 0.0201. The molecule has 0 amide bonds. The number of rotatable bonds is 20. The van der Waals surface area contributed by atoms with Crippen LogP contribution in [0.5, 0.6) is 17.2 Å². The predicted octanol–water partition coefficient (Wildman–Crippen LogP) is 6.89. The molecule has 200 valence electrons. The number of methoxy groups -OCH3 is 2. The Morgan fingerprint density at radius 3 is 2.11 bits per heavy atom. The Labute approximate surface area is 216 Å². The van der Waals surface area contributed by atoms with Gasteiger partial charge in [-0.15, -0.1) is 11.8 Å². The third kappa shape index (κ3) is 12.6. The van der Waals surface area contributed by atoms with Crippen LogP contribution in [0.25, 0.3) is 0 Å². The fraction of sp³-hybridized carbons (Fsp3) is 0.679. The summed E-state index contributed by atoms with van der Waals surface area (Å²) in [6, 6.07) is 0.758. The molecular weight excluding hydrogens is 462 g/mol. The van der Waals surface area contributed by atoms with Gasteiger partial charge in [0.15, 0.2) is 11.5 Å². The lowest BCUT2D eigenvalue weighted by Gasteiger charge is -2.16. The van der Waals surface area contributed by atoms with Gasteiger partial charge in [0.05, 0.1) is 19.1 Å². The zero-order chi connectivity index (χ0) is 25.9. The molecular formula is C28H47NO5S. The smallest absolute Gasteiger partial charge is 0.323 e. The number of allylic oxidation sites excluding steroid dienone is 2. The average Bonchev–Trinajstić information content (AvgIpc) is 2.86. The van der Waals surface area contributed by atoms with Crippen LogP contribution in [0.3, 0.4) is 0 Å². The second-order valence-electron chi connectivity index (χ2n) is 9.04. The largest absolute Gasteiger partial charge is 0.507 e. The molecule has 0 bridgehead atoms. The number of ether oxygens (including phenoxy) is 2. The molecule has 0 radical (unpaired) electrons. The van der Waals surface area contributed by atoms with E-state index < -0.39 is 12.0 Å². The van der Waals surface area contributed by atoms with E-state index in [1.165, 1.54) is 84.8 Å². The molecule has 1 atom stereocenters. The predicted molar refractivity (Wildman–Crippen MR) is 146 cm³/mol. The summed E-state index contributed by atoms with van der Waals surface area (Å²) in [6.07, 6.45) is 21.4. The van der Waals surface area contributed by atoms with Gasteiger partial charge in [-0.25, -0.2) is 0 Å². The summed E-state index contributed by atoms with van der Waals surface area (Å²) in [6.45, 7) is 2.25. The van der Waals surface area contributed by atoms with Gasteiger partial charge in [0.1, 0.15) is 11.8 Å². The van der Waals surface area contributed by atoms with E-state index in [9.17, 15) is 15.0 Å². The normalized spacial score (nSPS) is 12.2. The van der Waals surface area contributed by atoms with E-state index in [1.807, 2.05) is 0 Å². The van der Waals surface area contributed by atoms with E-state index in [0.717, 1.165) is 24.6 Å². The number of aromatic hydroxyl groups is 2. The summed E-state index contributed by atoms with van der Waals surface area (Å²) < 4.78 is 9.98. The van der Waals surface area contributed by atoms with Crippen LogP contribution in [-0.4, -0.2) is 42.2 Å². The molecule has 6 nitrogen and oxygen atoms in total. The third-order valence-corrected chi connectivity index (χ3v) is 7.30. The number of carbonyl (C=O) groups excluding carboxylic acids is 1. The molecule has 0 aliphatic heterocycles. The van der Waals surface area contributed by atoms with E-state index >= 15 is 0 Å². The number of nitrogens with two attached hydrogens (primary N) is 1. The van der Waals surface area contributed by atoms with Crippen LogP contribution >= 0.6 is 11.8 Å². The summed E-state index contributed by atoms with van der Waals surface area (Å²) in [7, 11) is 2.73. The molecule has 0 aliphatic carbocycles. The first-order chi connectivity index (χ1) is 17.0. The number of hydrogen-bond donors (Lipinski definition) is 3. The van der Waals surface area contributed by atoms with Crippen LogP contribution in [-0.2, 0) is 16.0 Å². The SMILES string of the molecule is CCCCCC/C=C/CCCCCCCCCc1cc(O)c(SC[C@H](N)C(=O)OC)c(OC)c1O. The zero-order valence-corrected chi connectivity index (χ0v) is 22.8. The number of benzene rings is 1. The first-order valence-electron chi connectivity index (χ1n) is 13.2. The molecule has 7 heteroatoms.